The molecule has 0 unspecified atom stereocenters. The fourth-order valence-electron chi connectivity index (χ4n) is 4.08. The lowest BCUT2D eigenvalue weighted by Crippen LogP contribution is -2.35. The van der Waals surface area contributed by atoms with Gasteiger partial charge in [-0.15, -0.1) is 0 Å². The summed E-state index contributed by atoms with van der Waals surface area (Å²) in [6.07, 6.45) is 12.5. The summed E-state index contributed by atoms with van der Waals surface area (Å²) in [7, 11) is 0. The first kappa shape index (κ1) is 31.3. The predicted octanol–water partition coefficient (Wildman–Crippen LogP) is 7.32. The number of carbonyl (C=O) groups is 3. The van der Waals surface area contributed by atoms with Gasteiger partial charge in [-0.1, -0.05) is 98.8 Å². The SMILES string of the molecule is CCCCCCCCCCCCNC(=O)c1ccc(CN(Cc2ccc(I)cc2)C(=O)C(=O)O)c(Br)c1. The summed E-state index contributed by atoms with van der Waals surface area (Å²) >= 11 is 5.69. The zero-order valence-electron chi connectivity index (χ0n) is 21.6. The average Bonchev–Trinajstić information content (AvgIpc) is 2.88. The maximum atomic E-state index is 12.6. The van der Waals surface area contributed by atoms with Crippen LogP contribution >= 0.6 is 38.5 Å². The van der Waals surface area contributed by atoms with Gasteiger partial charge >= 0.3 is 11.9 Å². The Labute approximate surface area is 242 Å². The largest absolute Gasteiger partial charge is 0.474 e. The number of carboxylic acid groups (broad SMARTS) is 1. The molecule has 0 heterocycles. The molecule has 0 spiro atoms. The van der Waals surface area contributed by atoms with E-state index in [4.69, 9.17) is 0 Å². The third kappa shape index (κ3) is 12.0. The van der Waals surface area contributed by atoms with Crippen molar-refractivity contribution in [1.29, 1.82) is 0 Å². The summed E-state index contributed by atoms with van der Waals surface area (Å²) in [4.78, 5) is 37.6. The lowest BCUT2D eigenvalue weighted by Gasteiger charge is -2.22. The minimum Gasteiger partial charge on any atom is -0.474 e. The van der Waals surface area contributed by atoms with E-state index in [1.165, 1.54) is 56.3 Å². The van der Waals surface area contributed by atoms with Crippen molar-refractivity contribution in [2.45, 2.75) is 84.2 Å². The standard InChI is InChI=1S/C29H38BrIN2O4/c1-2-3-4-5-6-7-8-9-10-11-18-32-27(34)23-14-15-24(26(30)19-23)21-33(28(35)29(36)37)20-22-12-16-25(31)17-13-22/h12-17,19H,2-11,18,20-21H2,1H3,(H,32,34)(H,36,37). The highest BCUT2D eigenvalue weighted by Gasteiger charge is 2.22. The molecule has 0 aliphatic carbocycles. The van der Waals surface area contributed by atoms with Crippen molar-refractivity contribution in [1.82, 2.24) is 10.2 Å². The number of amides is 2. The molecule has 0 saturated carbocycles. The molecule has 0 fully saturated rings. The molecule has 2 aromatic rings. The monoisotopic (exact) mass is 684 g/mol. The van der Waals surface area contributed by atoms with Gasteiger partial charge in [0.15, 0.2) is 0 Å². The van der Waals surface area contributed by atoms with Gasteiger partial charge in [-0.3, -0.25) is 9.59 Å². The van der Waals surface area contributed by atoms with E-state index in [1.807, 2.05) is 24.3 Å². The number of nitrogens with zero attached hydrogens (tertiary/aromatic N) is 1. The van der Waals surface area contributed by atoms with E-state index >= 15 is 0 Å². The number of hydrogen-bond donors (Lipinski definition) is 2. The number of unbranched alkanes of at least 4 members (excludes halogenated alkanes) is 9. The first-order valence-electron chi connectivity index (χ1n) is 13.1. The predicted molar refractivity (Wildman–Crippen MR) is 159 cm³/mol. The van der Waals surface area contributed by atoms with Gasteiger partial charge in [0, 0.05) is 33.2 Å². The van der Waals surface area contributed by atoms with Crippen LogP contribution in [0.2, 0.25) is 0 Å². The molecule has 202 valence electrons. The first-order valence-corrected chi connectivity index (χ1v) is 15.0. The van der Waals surface area contributed by atoms with Gasteiger partial charge in [0.05, 0.1) is 0 Å². The van der Waals surface area contributed by atoms with Crippen LogP contribution in [0.3, 0.4) is 0 Å². The van der Waals surface area contributed by atoms with Crippen molar-refractivity contribution in [2.75, 3.05) is 6.54 Å². The van der Waals surface area contributed by atoms with E-state index in [0.717, 1.165) is 27.5 Å². The van der Waals surface area contributed by atoms with Gasteiger partial charge in [-0.2, -0.15) is 0 Å². The lowest BCUT2D eigenvalue weighted by atomic mass is 10.1. The fourth-order valence-corrected chi connectivity index (χ4v) is 4.95. The van der Waals surface area contributed by atoms with Crippen molar-refractivity contribution in [3.05, 3.63) is 67.2 Å². The maximum Gasteiger partial charge on any atom is 0.394 e. The smallest absolute Gasteiger partial charge is 0.394 e. The summed E-state index contributed by atoms with van der Waals surface area (Å²) in [5.74, 6) is -2.60. The quantitative estimate of drug-likeness (QED) is 0.110. The van der Waals surface area contributed by atoms with E-state index in [1.54, 1.807) is 18.2 Å². The van der Waals surface area contributed by atoms with Crippen LogP contribution in [0, 0.1) is 3.57 Å². The van der Waals surface area contributed by atoms with E-state index in [9.17, 15) is 19.5 Å². The summed E-state index contributed by atoms with van der Waals surface area (Å²) in [5.41, 5.74) is 2.09. The number of rotatable bonds is 16. The third-order valence-corrected chi connectivity index (χ3v) is 7.71. The number of halogens is 2. The van der Waals surface area contributed by atoms with Crippen LogP contribution in [0.25, 0.3) is 0 Å². The number of nitrogens with one attached hydrogen (secondary N) is 1. The van der Waals surface area contributed by atoms with Crippen molar-refractivity contribution in [3.8, 4) is 0 Å². The summed E-state index contributed by atoms with van der Waals surface area (Å²) in [6, 6.07) is 12.8. The highest BCUT2D eigenvalue weighted by atomic mass is 127. The second kappa shape index (κ2) is 17.5. The molecule has 2 rings (SSSR count). The molecule has 0 saturated heterocycles. The summed E-state index contributed by atoms with van der Waals surface area (Å²) in [5, 5.41) is 12.3. The molecule has 0 aliphatic heterocycles. The molecule has 0 bridgehead atoms. The Balaban J connectivity index is 1.82. The van der Waals surface area contributed by atoms with E-state index < -0.39 is 11.9 Å². The van der Waals surface area contributed by atoms with Gasteiger partial charge in [-0.25, -0.2) is 4.79 Å². The molecule has 6 nitrogen and oxygen atoms in total. The van der Waals surface area contributed by atoms with Gasteiger partial charge in [0.25, 0.3) is 5.91 Å². The van der Waals surface area contributed by atoms with Gasteiger partial charge in [0.2, 0.25) is 0 Å². The van der Waals surface area contributed by atoms with Crippen molar-refractivity contribution >= 4 is 56.3 Å². The first-order chi connectivity index (χ1) is 17.8. The Morgan fingerprint density at radius 3 is 2.03 bits per heavy atom. The van der Waals surface area contributed by atoms with E-state index in [-0.39, 0.29) is 19.0 Å². The highest BCUT2D eigenvalue weighted by molar-refractivity contribution is 14.1. The van der Waals surface area contributed by atoms with Gasteiger partial charge in [-0.05, 0) is 64.4 Å². The Morgan fingerprint density at radius 1 is 0.865 bits per heavy atom. The minimum atomic E-state index is -1.50. The Bertz CT molecular complexity index is 1010. The van der Waals surface area contributed by atoms with Gasteiger partial charge < -0.3 is 15.3 Å². The number of benzene rings is 2. The number of carboxylic acids is 1. The molecule has 0 aliphatic rings. The fraction of sp³-hybridized carbons (Fsp3) is 0.483. The van der Waals surface area contributed by atoms with Gasteiger partial charge in [0.1, 0.15) is 0 Å². The summed E-state index contributed by atoms with van der Waals surface area (Å²) in [6.45, 7) is 3.17. The highest BCUT2D eigenvalue weighted by Crippen LogP contribution is 2.22. The van der Waals surface area contributed by atoms with E-state index in [2.05, 4.69) is 50.8 Å². The molecule has 8 heteroatoms. The molecule has 0 radical (unpaired) electrons. The minimum absolute atomic E-state index is 0.109. The van der Waals surface area contributed by atoms with Crippen molar-refractivity contribution < 1.29 is 19.5 Å². The Morgan fingerprint density at radius 2 is 1.46 bits per heavy atom. The molecule has 37 heavy (non-hydrogen) atoms. The Kier molecular flexibility index (Phi) is 14.8. The normalized spacial score (nSPS) is 10.8. The van der Waals surface area contributed by atoms with Crippen LogP contribution in [0.1, 0.15) is 92.6 Å². The van der Waals surface area contributed by atoms with Crippen LogP contribution in [0.15, 0.2) is 46.9 Å². The average molecular weight is 685 g/mol. The second-order valence-corrected chi connectivity index (χ2v) is 11.4. The molecular formula is C29H38BrIN2O4. The molecule has 2 N–H and O–H groups in total. The van der Waals surface area contributed by atoms with Crippen LogP contribution in [-0.2, 0) is 22.7 Å². The summed E-state index contributed by atoms with van der Waals surface area (Å²) < 4.78 is 1.71. The van der Waals surface area contributed by atoms with Crippen molar-refractivity contribution in [3.63, 3.8) is 0 Å². The third-order valence-electron chi connectivity index (χ3n) is 6.25. The molecule has 0 aromatic heterocycles. The van der Waals surface area contributed by atoms with Crippen molar-refractivity contribution in [2.24, 2.45) is 0 Å². The van der Waals surface area contributed by atoms with Crippen LogP contribution < -0.4 is 5.32 Å². The maximum absolute atomic E-state index is 12.6. The topological polar surface area (TPSA) is 86.7 Å². The molecular weight excluding hydrogens is 647 g/mol. The number of aliphatic carboxylic acids is 1. The number of hydrogen-bond acceptors (Lipinski definition) is 3. The Hall–Kier alpha value is -1.94. The number of carbonyl (C=O) groups excluding carboxylic acids is 2. The molecule has 2 aromatic carbocycles. The lowest BCUT2D eigenvalue weighted by molar-refractivity contribution is -0.156. The van der Waals surface area contributed by atoms with Crippen LogP contribution in [0.4, 0.5) is 0 Å². The molecule has 2 amide bonds. The van der Waals surface area contributed by atoms with Crippen LogP contribution in [0.5, 0.6) is 0 Å². The zero-order chi connectivity index (χ0) is 27.0. The second-order valence-electron chi connectivity index (χ2n) is 9.34. The van der Waals surface area contributed by atoms with Crippen LogP contribution in [-0.4, -0.2) is 34.3 Å². The van der Waals surface area contributed by atoms with E-state index in [0.29, 0.717) is 16.6 Å². The zero-order valence-corrected chi connectivity index (χ0v) is 25.4. The molecule has 0 atom stereocenters.